The number of hydrogen-bond acceptors (Lipinski definition) is 2. The van der Waals surface area contributed by atoms with E-state index in [2.05, 4.69) is 0 Å². The van der Waals surface area contributed by atoms with E-state index in [-0.39, 0.29) is 6.61 Å². The van der Waals surface area contributed by atoms with Crippen LogP contribution in [0.15, 0.2) is 0 Å². The van der Waals surface area contributed by atoms with Gasteiger partial charge in [0, 0.05) is 26.6 Å². The van der Waals surface area contributed by atoms with Gasteiger partial charge >= 0.3 is 0 Å². The molecule has 0 heterocycles. The van der Waals surface area contributed by atoms with Crippen LogP contribution < -0.4 is 0 Å². The van der Waals surface area contributed by atoms with E-state index in [0.717, 1.165) is 32.2 Å². The zero-order chi connectivity index (χ0) is 11.1. The number of rotatable bonds is 7. The molecular weight excluding hydrogens is 190 g/mol. The quantitative estimate of drug-likeness (QED) is 0.655. The number of nitrogens with zero attached hydrogens (tertiary/aromatic N) is 1. The predicted octanol–water partition coefficient (Wildman–Crippen LogP) is 1.80. The van der Waals surface area contributed by atoms with Gasteiger partial charge in [-0.25, -0.2) is 0 Å². The summed E-state index contributed by atoms with van der Waals surface area (Å²) in [6.07, 6.45) is 7.40. The van der Waals surface area contributed by atoms with Gasteiger partial charge in [-0.05, 0) is 38.0 Å². The zero-order valence-corrected chi connectivity index (χ0v) is 9.74. The van der Waals surface area contributed by atoms with Crippen molar-refractivity contribution < 1.29 is 9.90 Å². The van der Waals surface area contributed by atoms with Crippen LogP contribution >= 0.6 is 0 Å². The molecule has 1 saturated carbocycles. The van der Waals surface area contributed by atoms with Gasteiger partial charge in [-0.1, -0.05) is 6.42 Å². The Kier molecular flexibility index (Phi) is 5.69. The van der Waals surface area contributed by atoms with Crippen molar-refractivity contribution in [2.24, 2.45) is 5.92 Å². The van der Waals surface area contributed by atoms with Crippen LogP contribution in [0.2, 0.25) is 0 Å². The topological polar surface area (TPSA) is 40.5 Å². The summed E-state index contributed by atoms with van der Waals surface area (Å²) in [6, 6.07) is 0. The summed E-state index contributed by atoms with van der Waals surface area (Å²) >= 11 is 0. The standard InChI is InChI=1S/C12H23NO2/c1-13(8-3-2-4-9-14)12(15)10-11-6-5-7-11/h11,14H,2-10H2,1H3. The van der Waals surface area contributed by atoms with E-state index >= 15 is 0 Å². The van der Waals surface area contributed by atoms with Crippen LogP contribution in [0.3, 0.4) is 0 Å². The van der Waals surface area contributed by atoms with Crippen molar-refractivity contribution in [3.8, 4) is 0 Å². The number of aliphatic hydroxyl groups excluding tert-OH is 1. The molecule has 0 aromatic rings. The van der Waals surface area contributed by atoms with Crippen molar-refractivity contribution >= 4 is 5.91 Å². The maximum atomic E-state index is 11.7. The minimum absolute atomic E-state index is 0.264. The van der Waals surface area contributed by atoms with Crippen LogP contribution in [0, 0.1) is 5.92 Å². The first-order valence-corrected chi connectivity index (χ1v) is 6.09. The molecule has 0 aliphatic heterocycles. The lowest BCUT2D eigenvalue weighted by atomic mass is 9.83. The summed E-state index contributed by atoms with van der Waals surface area (Å²) in [4.78, 5) is 13.5. The fourth-order valence-corrected chi connectivity index (χ4v) is 1.86. The molecule has 1 N–H and O–H groups in total. The third-order valence-corrected chi connectivity index (χ3v) is 3.27. The Labute approximate surface area is 92.5 Å². The molecule has 15 heavy (non-hydrogen) atoms. The highest BCUT2D eigenvalue weighted by Crippen LogP contribution is 2.29. The Morgan fingerprint density at radius 2 is 2.07 bits per heavy atom. The van der Waals surface area contributed by atoms with Gasteiger partial charge < -0.3 is 10.0 Å². The second-order valence-corrected chi connectivity index (χ2v) is 4.60. The number of carbonyl (C=O) groups excluding carboxylic acids is 1. The third-order valence-electron chi connectivity index (χ3n) is 3.27. The second kappa shape index (κ2) is 6.83. The summed E-state index contributed by atoms with van der Waals surface area (Å²) in [7, 11) is 1.89. The SMILES string of the molecule is CN(CCCCCO)C(=O)CC1CCC1. The van der Waals surface area contributed by atoms with Crippen molar-refractivity contribution in [2.75, 3.05) is 20.2 Å². The lowest BCUT2D eigenvalue weighted by molar-refractivity contribution is -0.131. The molecule has 1 amide bonds. The van der Waals surface area contributed by atoms with Gasteiger partial charge in [-0.3, -0.25) is 4.79 Å². The van der Waals surface area contributed by atoms with E-state index in [0.29, 0.717) is 11.8 Å². The highest BCUT2D eigenvalue weighted by atomic mass is 16.2. The molecule has 1 fully saturated rings. The van der Waals surface area contributed by atoms with E-state index in [1.54, 1.807) is 0 Å². The van der Waals surface area contributed by atoms with Gasteiger partial charge in [0.25, 0.3) is 0 Å². The van der Waals surface area contributed by atoms with E-state index in [1.807, 2.05) is 11.9 Å². The van der Waals surface area contributed by atoms with Gasteiger partial charge in [-0.15, -0.1) is 0 Å². The fourth-order valence-electron chi connectivity index (χ4n) is 1.86. The first kappa shape index (κ1) is 12.5. The molecule has 0 aromatic heterocycles. The molecule has 1 rings (SSSR count). The Hall–Kier alpha value is -0.570. The predicted molar refractivity (Wildman–Crippen MR) is 60.5 cm³/mol. The highest BCUT2D eigenvalue weighted by Gasteiger charge is 2.21. The largest absolute Gasteiger partial charge is 0.396 e. The smallest absolute Gasteiger partial charge is 0.222 e. The normalized spacial score (nSPS) is 16.1. The van der Waals surface area contributed by atoms with E-state index in [4.69, 9.17) is 5.11 Å². The maximum absolute atomic E-state index is 11.7. The molecule has 0 unspecified atom stereocenters. The molecule has 1 aliphatic carbocycles. The molecule has 0 radical (unpaired) electrons. The molecule has 3 heteroatoms. The van der Waals surface area contributed by atoms with Gasteiger partial charge in [0.1, 0.15) is 0 Å². The van der Waals surface area contributed by atoms with Crippen molar-refractivity contribution in [3.63, 3.8) is 0 Å². The lowest BCUT2D eigenvalue weighted by Crippen LogP contribution is -2.30. The van der Waals surface area contributed by atoms with Gasteiger partial charge in [-0.2, -0.15) is 0 Å². The Balaban J connectivity index is 2.03. The van der Waals surface area contributed by atoms with Gasteiger partial charge in [0.05, 0.1) is 0 Å². The number of hydrogen-bond donors (Lipinski definition) is 1. The highest BCUT2D eigenvalue weighted by molar-refractivity contribution is 5.76. The number of amides is 1. The third kappa shape index (κ3) is 4.65. The minimum Gasteiger partial charge on any atom is -0.396 e. The lowest BCUT2D eigenvalue weighted by Gasteiger charge is -2.27. The molecular formula is C12H23NO2. The number of carbonyl (C=O) groups is 1. The average Bonchev–Trinajstić information content (AvgIpc) is 2.17. The summed E-state index contributed by atoms with van der Waals surface area (Å²) in [5.41, 5.74) is 0. The molecule has 88 valence electrons. The molecule has 0 atom stereocenters. The monoisotopic (exact) mass is 213 g/mol. The summed E-state index contributed by atoms with van der Waals surface area (Å²) in [6.45, 7) is 1.10. The van der Waals surface area contributed by atoms with Crippen molar-refractivity contribution in [3.05, 3.63) is 0 Å². The van der Waals surface area contributed by atoms with Crippen LogP contribution in [0.4, 0.5) is 0 Å². The first-order chi connectivity index (χ1) is 7.24. The van der Waals surface area contributed by atoms with Gasteiger partial charge in [0.15, 0.2) is 0 Å². The molecule has 0 spiro atoms. The van der Waals surface area contributed by atoms with Crippen LogP contribution in [-0.2, 0) is 4.79 Å². The van der Waals surface area contributed by atoms with Crippen molar-refractivity contribution in [1.29, 1.82) is 0 Å². The number of unbranched alkanes of at least 4 members (excludes halogenated alkanes) is 2. The summed E-state index contributed by atoms with van der Waals surface area (Å²) in [5.74, 6) is 0.959. The molecule has 3 nitrogen and oxygen atoms in total. The fraction of sp³-hybridized carbons (Fsp3) is 0.917. The molecule has 0 aromatic carbocycles. The summed E-state index contributed by atoms with van der Waals surface area (Å²) < 4.78 is 0. The minimum atomic E-state index is 0.264. The van der Waals surface area contributed by atoms with E-state index in [1.165, 1.54) is 19.3 Å². The average molecular weight is 213 g/mol. The first-order valence-electron chi connectivity index (χ1n) is 6.09. The van der Waals surface area contributed by atoms with Crippen molar-refractivity contribution in [1.82, 2.24) is 4.90 Å². The second-order valence-electron chi connectivity index (χ2n) is 4.60. The Morgan fingerprint density at radius 3 is 2.60 bits per heavy atom. The van der Waals surface area contributed by atoms with Crippen LogP contribution in [-0.4, -0.2) is 36.1 Å². The zero-order valence-electron chi connectivity index (χ0n) is 9.74. The molecule has 1 aliphatic rings. The summed E-state index contributed by atoms with van der Waals surface area (Å²) in [5, 5.41) is 8.62. The molecule has 0 saturated heterocycles. The molecule has 0 bridgehead atoms. The van der Waals surface area contributed by atoms with E-state index < -0.39 is 0 Å². The van der Waals surface area contributed by atoms with Crippen LogP contribution in [0.1, 0.15) is 44.9 Å². The Morgan fingerprint density at radius 1 is 1.33 bits per heavy atom. The van der Waals surface area contributed by atoms with Gasteiger partial charge in [0.2, 0.25) is 5.91 Å². The van der Waals surface area contributed by atoms with Crippen LogP contribution in [0.5, 0.6) is 0 Å². The van der Waals surface area contributed by atoms with Crippen LogP contribution in [0.25, 0.3) is 0 Å². The van der Waals surface area contributed by atoms with E-state index in [9.17, 15) is 4.79 Å². The van der Waals surface area contributed by atoms with Crippen molar-refractivity contribution in [2.45, 2.75) is 44.9 Å². The number of aliphatic hydroxyl groups is 1. The maximum Gasteiger partial charge on any atom is 0.222 e. The Bertz CT molecular complexity index is 190.